The fourth-order valence-corrected chi connectivity index (χ4v) is 2.19. The molecule has 4 nitrogen and oxygen atoms in total. The largest absolute Gasteiger partial charge is 0.303 e. The highest BCUT2D eigenvalue weighted by atomic mass is 32.2. The summed E-state index contributed by atoms with van der Waals surface area (Å²) in [6, 6.07) is 8.19. The van der Waals surface area contributed by atoms with Crippen molar-refractivity contribution in [1.82, 2.24) is 5.32 Å². The lowest BCUT2D eigenvalue weighted by atomic mass is 10.1. The monoisotopic (exact) mass is 261 g/mol. The first-order valence-electron chi connectivity index (χ1n) is 5.83. The Balaban J connectivity index is 2.18. The van der Waals surface area contributed by atoms with Crippen molar-refractivity contribution in [2.24, 2.45) is 10.2 Å². The Morgan fingerprint density at radius 1 is 1.39 bits per heavy atom. The zero-order chi connectivity index (χ0) is 13.0. The molecule has 94 valence electrons. The number of nitrogens with zero attached hydrogens (tertiary/aromatic N) is 2. The minimum atomic E-state index is -0.0117. The van der Waals surface area contributed by atoms with Gasteiger partial charge in [-0.25, -0.2) is 0 Å². The van der Waals surface area contributed by atoms with Gasteiger partial charge in [-0.15, -0.1) is 5.10 Å². The minimum Gasteiger partial charge on any atom is -0.303 e. The molecule has 1 N–H and O–H groups in total. The maximum absolute atomic E-state index is 11.0. The predicted molar refractivity (Wildman–Crippen MR) is 76.0 cm³/mol. The van der Waals surface area contributed by atoms with Crippen molar-refractivity contribution in [2.75, 3.05) is 5.75 Å². The van der Waals surface area contributed by atoms with Crippen molar-refractivity contribution in [3.63, 3.8) is 0 Å². The molecule has 1 aromatic carbocycles. The van der Waals surface area contributed by atoms with Gasteiger partial charge in [-0.05, 0) is 18.9 Å². The van der Waals surface area contributed by atoms with E-state index in [-0.39, 0.29) is 5.91 Å². The van der Waals surface area contributed by atoms with Crippen LogP contribution in [0.2, 0.25) is 0 Å². The zero-order valence-corrected chi connectivity index (χ0v) is 11.3. The van der Waals surface area contributed by atoms with Gasteiger partial charge in [0.2, 0.25) is 5.91 Å². The van der Waals surface area contributed by atoms with E-state index in [0.29, 0.717) is 10.9 Å². The van der Waals surface area contributed by atoms with E-state index < -0.39 is 0 Å². The highest BCUT2D eigenvalue weighted by molar-refractivity contribution is 8.15. The summed E-state index contributed by atoms with van der Waals surface area (Å²) in [6.07, 6.45) is 0.804. The number of aryl methyl sites for hydroxylation is 1. The van der Waals surface area contributed by atoms with Crippen molar-refractivity contribution in [2.45, 2.75) is 20.3 Å². The molecule has 1 aliphatic rings. The number of hydrogen-bond acceptors (Lipinski definition) is 4. The van der Waals surface area contributed by atoms with E-state index in [1.54, 1.807) is 0 Å². The molecule has 1 heterocycles. The number of hydrogen-bond donors (Lipinski definition) is 1. The number of thioether (sulfide) groups is 1. The second-order valence-electron chi connectivity index (χ2n) is 4.01. The summed E-state index contributed by atoms with van der Waals surface area (Å²) in [4.78, 5) is 11.0. The van der Waals surface area contributed by atoms with Crippen LogP contribution in [0.3, 0.4) is 0 Å². The second kappa shape index (κ2) is 5.82. The van der Waals surface area contributed by atoms with Crippen LogP contribution in [0.5, 0.6) is 0 Å². The number of carbonyl (C=O) groups excluding carboxylic acids is 1. The molecule has 0 aromatic heterocycles. The van der Waals surface area contributed by atoms with Gasteiger partial charge < -0.3 is 5.32 Å². The van der Waals surface area contributed by atoms with E-state index in [2.05, 4.69) is 34.6 Å². The zero-order valence-electron chi connectivity index (χ0n) is 10.4. The van der Waals surface area contributed by atoms with E-state index in [1.807, 2.05) is 19.1 Å². The van der Waals surface area contributed by atoms with Gasteiger partial charge in [0.15, 0.2) is 5.17 Å². The lowest BCUT2D eigenvalue weighted by Crippen LogP contribution is -2.19. The Bertz CT molecular complexity index is 505. The van der Waals surface area contributed by atoms with Crippen LogP contribution in [-0.4, -0.2) is 22.5 Å². The van der Waals surface area contributed by atoms with E-state index >= 15 is 0 Å². The molecule has 18 heavy (non-hydrogen) atoms. The number of rotatable bonds is 3. The Labute approximate surface area is 111 Å². The van der Waals surface area contributed by atoms with Crippen molar-refractivity contribution in [3.8, 4) is 0 Å². The molecule has 0 aliphatic carbocycles. The highest BCUT2D eigenvalue weighted by Crippen LogP contribution is 2.11. The number of amidine groups is 1. The summed E-state index contributed by atoms with van der Waals surface area (Å²) >= 11 is 1.38. The normalized spacial score (nSPS) is 18.2. The maximum Gasteiger partial charge on any atom is 0.236 e. The van der Waals surface area contributed by atoms with Gasteiger partial charge >= 0.3 is 0 Å². The van der Waals surface area contributed by atoms with Crippen molar-refractivity contribution in [1.29, 1.82) is 0 Å². The summed E-state index contributed by atoms with van der Waals surface area (Å²) in [6.45, 7) is 4.09. The quantitative estimate of drug-likeness (QED) is 0.670. The Hall–Kier alpha value is -1.62. The van der Waals surface area contributed by atoms with Crippen molar-refractivity contribution >= 4 is 28.5 Å². The molecular formula is C13H15N3OS. The van der Waals surface area contributed by atoms with E-state index in [9.17, 15) is 4.79 Å². The van der Waals surface area contributed by atoms with Gasteiger partial charge in [0.1, 0.15) is 0 Å². The molecule has 0 radical (unpaired) electrons. The summed E-state index contributed by atoms with van der Waals surface area (Å²) < 4.78 is 0. The van der Waals surface area contributed by atoms with Gasteiger partial charge in [-0.3, -0.25) is 4.79 Å². The van der Waals surface area contributed by atoms with Crippen LogP contribution < -0.4 is 5.32 Å². The second-order valence-corrected chi connectivity index (χ2v) is 4.97. The molecule has 0 atom stereocenters. The first kappa shape index (κ1) is 12.8. The smallest absolute Gasteiger partial charge is 0.236 e. The fourth-order valence-electron chi connectivity index (χ4n) is 1.56. The first-order chi connectivity index (χ1) is 8.69. The predicted octanol–water partition coefficient (Wildman–Crippen LogP) is 2.33. The van der Waals surface area contributed by atoms with Gasteiger partial charge in [0.25, 0.3) is 0 Å². The van der Waals surface area contributed by atoms with Crippen LogP contribution in [0.4, 0.5) is 0 Å². The Kier molecular flexibility index (Phi) is 4.15. The average molecular weight is 261 g/mol. The van der Waals surface area contributed by atoms with Gasteiger partial charge in [-0.1, -0.05) is 48.5 Å². The number of benzene rings is 1. The van der Waals surface area contributed by atoms with Crippen LogP contribution in [0.15, 0.2) is 34.5 Å². The molecule has 1 aromatic rings. The lowest BCUT2D eigenvalue weighted by molar-refractivity contribution is -0.116. The molecular weight excluding hydrogens is 246 g/mol. The fraction of sp³-hybridized carbons (Fsp3) is 0.308. The molecule has 1 amide bonds. The van der Waals surface area contributed by atoms with Crippen LogP contribution in [0.1, 0.15) is 24.5 Å². The lowest BCUT2D eigenvalue weighted by Gasteiger charge is -2.02. The molecule has 1 fully saturated rings. The Morgan fingerprint density at radius 3 is 2.67 bits per heavy atom. The molecule has 0 saturated carbocycles. The molecule has 0 unspecified atom stereocenters. The average Bonchev–Trinajstić information content (AvgIpc) is 2.78. The van der Waals surface area contributed by atoms with Crippen LogP contribution in [0.25, 0.3) is 0 Å². The topological polar surface area (TPSA) is 53.8 Å². The van der Waals surface area contributed by atoms with E-state index in [1.165, 1.54) is 17.3 Å². The Morgan fingerprint density at radius 2 is 2.11 bits per heavy atom. The van der Waals surface area contributed by atoms with Crippen LogP contribution >= 0.6 is 11.8 Å². The molecule has 0 bridgehead atoms. The van der Waals surface area contributed by atoms with Crippen LogP contribution in [0, 0.1) is 6.92 Å². The third-order valence-electron chi connectivity index (χ3n) is 2.57. The van der Waals surface area contributed by atoms with Crippen LogP contribution in [-0.2, 0) is 4.79 Å². The molecule has 2 rings (SSSR count). The number of carbonyl (C=O) groups is 1. The highest BCUT2D eigenvalue weighted by Gasteiger charge is 2.16. The SMILES string of the molecule is CC/C(=N\N=C1/NC(=O)CS1)c1ccc(C)cc1. The third-order valence-corrected chi connectivity index (χ3v) is 3.43. The molecule has 0 spiro atoms. The summed E-state index contributed by atoms with van der Waals surface area (Å²) in [5, 5.41) is 11.5. The third kappa shape index (κ3) is 3.20. The summed E-state index contributed by atoms with van der Waals surface area (Å²) in [5.74, 6) is 0.419. The van der Waals surface area contributed by atoms with E-state index in [4.69, 9.17) is 0 Å². The maximum atomic E-state index is 11.0. The van der Waals surface area contributed by atoms with Gasteiger partial charge in [0.05, 0.1) is 11.5 Å². The summed E-state index contributed by atoms with van der Waals surface area (Å²) in [5.41, 5.74) is 3.21. The minimum absolute atomic E-state index is 0.0117. The molecule has 1 saturated heterocycles. The number of amides is 1. The number of nitrogens with one attached hydrogen (secondary N) is 1. The van der Waals surface area contributed by atoms with Gasteiger partial charge in [-0.2, -0.15) is 5.10 Å². The standard InChI is InChI=1S/C13H15N3OS/c1-3-11(10-6-4-9(2)5-7-10)15-16-13-14-12(17)8-18-13/h4-7H,3,8H2,1-2H3,(H,14,16,17)/b15-11+. The van der Waals surface area contributed by atoms with Gasteiger partial charge in [0, 0.05) is 0 Å². The molecule has 1 aliphatic heterocycles. The first-order valence-corrected chi connectivity index (χ1v) is 6.82. The molecule has 5 heteroatoms. The van der Waals surface area contributed by atoms with Crippen molar-refractivity contribution < 1.29 is 4.79 Å². The van der Waals surface area contributed by atoms with Crippen molar-refractivity contribution in [3.05, 3.63) is 35.4 Å². The summed E-state index contributed by atoms with van der Waals surface area (Å²) in [7, 11) is 0. The van der Waals surface area contributed by atoms with E-state index in [0.717, 1.165) is 17.7 Å².